The van der Waals surface area contributed by atoms with E-state index in [1.165, 1.54) is 12.1 Å². The third kappa shape index (κ3) is 5.81. The number of hydrogen-bond donors (Lipinski definition) is 0. The summed E-state index contributed by atoms with van der Waals surface area (Å²) in [5, 5.41) is 3.93. The molecule has 0 aliphatic carbocycles. The molecule has 31 heavy (non-hydrogen) atoms. The topological polar surface area (TPSA) is 77.7 Å². The van der Waals surface area contributed by atoms with Gasteiger partial charge < -0.3 is 18.9 Å². The van der Waals surface area contributed by atoms with Gasteiger partial charge in [-0.15, -0.1) is 0 Å². The van der Waals surface area contributed by atoms with Gasteiger partial charge in [-0.2, -0.15) is 4.98 Å². The summed E-state index contributed by atoms with van der Waals surface area (Å²) >= 11 is 0. The van der Waals surface area contributed by atoms with E-state index in [2.05, 4.69) is 10.1 Å². The fraction of sp³-hybridized carbons (Fsp3) is 0.348. The van der Waals surface area contributed by atoms with Crippen LogP contribution in [0.3, 0.4) is 0 Å². The maximum atomic E-state index is 13.0. The zero-order chi connectivity index (χ0) is 22.2. The van der Waals surface area contributed by atoms with Crippen molar-refractivity contribution in [3.63, 3.8) is 0 Å². The number of nitrogens with zero attached hydrogens (tertiary/aromatic N) is 3. The average molecular weight is 427 g/mol. The van der Waals surface area contributed by atoms with Crippen LogP contribution in [0.5, 0.6) is 11.5 Å². The second kappa shape index (κ2) is 10.6. The Labute approximate surface area is 180 Å². The molecule has 7 nitrogen and oxygen atoms in total. The Hall–Kier alpha value is -3.42. The molecule has 2 aromatic carbocycles. The van der Waals surface area contributed by atoms with E-state index in [-0.39, 0.29) is 11.7 Å². The van der Waals surface area contributed by atoms with Gasteiger partial charge in [0.15, 0.2) is 11.5 Å². The van der Waals surface area contributed by atoms with Crippen LogP contribution >= 0.6 is 0 Å². The fourth-order valence-corrected chi connectivity index (χ4v) is 3.20. The molecule has 0 radical (unpaired) electrons. The smallest absolute Gasteiger partial charge is 0.226 e. The molecule has 0 atom stereocenters. The lowest BCUT2D eigenvalue weighted by molar-refractivity contribution is -0.131. The first-order valence-electron chi connectivity index (χ1n) is 10.1. The number of halogens is 1. The fourth-order valence-electron chi connectivity index (χ4n) is 3.20. The van der Waals surface area contributed by atoms with Crippen molar-refractivity contribution in [3.05, 3.63) is 59.7 Å². The van der Waals surface area contributed by atoms with E-state index >= 15 is 0 Å². The standard InChI is InChI=1S/C23H26FN3O4/c1-4-27(15-16-8-13-19(29-2)20(14-16)30-3)22(28)7-5-6-21-25-23(26-31-21)17-9-11-18(24)12-10-17/h8-14H,4-7,15H2,1-3H3. The number of amides is 1. The third-order valence-electron chi connectivity index (χ3n) is 4.91. The minimum absolute atomic E-state index is 0.0514. The molecule has 0 fully saturated rings. The molecule has 0 unspecified atom stereocenters. The molecule has 8 heteroatoms. The van der Waals surface area contributed by atoms with Crippen LogP contribution in [0.25, 0.3) is 11.4 Å². The van der Waals surface area contributed by atoms with Crippen molar-refractivity contribution in [1.82, 2.24) is 15.0 Å². The Bertz CT molecular complexity index is 1000. The van der Waals surface area contributed by atoms with E-state index in [1.807, 2.05) is 25.1 Å². The van der Waals surface area contributed by atoms with Gasteiger partial charge in [0.2, 0.25) is 17.6 Å². The van der Waals surface area contributed by atoms with Crippen LogP contribution in [0.1, 0.15) is 31.2 Å². The highest BCUT2D eigenvalue weighted by molar-refractivity contribution is 5.76. The number of aryl methyl sites for hydroxylation is 1. The minimum atomic E-state index is -0.320. The molecule has 1 aromatic heterocycles. The van der Waals surface area contributed by atoms with Crippen molar-refractivity contribution < 1.29 is 23.2 Å². The van der Waals surface area contributed by atoms with E-state index in [9.17, 15) is 9.18 Å². The summed E-state index contributed by atoms with van der Waals surface area (Å²) in [6.07, 6.45) is 1.45. The molecule has 1 amide bonds. The Morgan fingerprint density at radius 3 is 2.52 bits per heavy atom. The van der Waals surface area contributed by atoms with Crippen molar-refractivity contribution in [1.29, 1.82) is 0 Å². The molecule has 3 aromatic rings. The number of ether oxygens (including phenoxy) is 2. The largest absolute Gasteiger partial charge is 0.493 e. The van der Waals surface area contributed by atoms with Crippen LogP contribution in [-0.2, 0) is 17.8 Å². The van der Waals surface area contributed by atoms with Gasteiger partial charge in [0.1, 0.15) is 5.82 Å². The summed E-state index contributed by atoms with van der Waals surface area (Å²) < 4.78 is 28.9. The van der Waals surface area contributed by atoms with Gasteiger partial charge in [-0.25, -0.2) is 4.39 Å². The Balaban J connectivity index is 1.53. The van der Waals surface area contributed by atoms with Crippen molar-refractivity contribution in [3.8, 4) is 22.9 Å². The number of carbonyl (C=O) groups excluding carboxylic acids is 1. The molecule has 1 heterocycles. The van der Waals surface area contributed by atoms with Crippen molar-refractivity contribution in [2.75, 3.05) is 20.8 Å². The highest BCUT2D eigenvalue weighted by Gasteiger charge is 2.15. The summed E-state index contributed by atoms with van der Waals surface area (Å²) in [7, 11) is 3.18. The molecule has 0 N–H and O–H groups in total. The zero-order valence-electron chi connectivity index (χ0n) is 17.9. The average Bonchev–Trinajstić information content (AvgIpc) is 3.26. The molecule has 164 valence electrons. The predicted molar refractivity (Wildman–Crippen MR) is 113 cm³/mol. The van der Waals surface area contributed by atoms with Crippen LogP contribution < -0.4 is 9.47 Å². The molecular formula is C23H26FN3O4. The summed E-state index contributed by atoms with van der Waals surface area (Å²) in [4.78, 5) is 18.8. The van der Waals surface area contributed by atoms with Gasteiger partial charge in [-0.3, -0.25) is 4.79 Å². The highest BCUT2D eigenvalue weighted by Crippen LogP contribution is 2.28. The number of methoxy groups -OCH3 is 2. The molecule has 0 saturated heterocycles. The normalized spacial score (nSPS) is 10.7. The minimum Gasteiger partial charge on any atom is -0.493 e. The van der Waals surface area contributed by atoms with E-state index in [1.54, 1.807) is 31.3 Å². The lowest BCUT2D eigenvalue weighted by Crippen LogP contribution is -2.30. The van der Waals surface area contributed by atoms with Gasteiger partial charge in [0.05, 0.1) is 14.2 Å². The van der Waals surface area contributed by atoms with Gasteiger partial charge >= 0.3 is 0 Å². The van der Waals surface area contributed by atoms with Gasteiger partial charge in [0, 0.05) is 31.5 Å². The van der Waals surface area contributed by atoms with Crippen molar-refractivity contribution >= 4 is 5.91 Å². The Morgan fingerprint density at radius 2 is 1.84 bits per heavy atom. The summed E-state index contributed by atoms with van der Waals surface area (Å²) in [5.41, 5.74) is 1.65. The molecule has 0 aliphatic rings. The number of rotatable bonds is 10. The number of benzene rings is 2. The van der Waals surface area contributed by atoms with E-state index in [0.29, 0.717) is 61.1 Å². The summed E-state index contributed by atoms with van der Waals surface area (Å²) in [6.45, 7) is 3.04. The monoisotopic (exact) mass is 427 g/mol. The number of hydrogen-bond acceptors (Lipinski definition) is 6. The van der Waals surface area contributed by atoms with E-state index in [0.717, 1.165) is 5.56 Å². The van der Waals surface area contributed by atoms with Crippen molar-refractivity contribution in [2.45, 2.75) is 32.7 Å². The maximum absolute atomic E-state index is 13.0. The zero-order valence-corrected chi connectivity index (χ0v) is 17.9. The molecular weight excluding hydrogens is 401 g/mol. The molecule has 0 aliphatic heterocycles. The van der Waals surface area contributed by atoms with Gasteiger partial charge in [0.25, 0.3) is 0 Å². The molecule has 0 spiro atoms. The summed E-state index contributed by atoms with van der Waals surface area (Å²) in [6, 6.07) is 11.5. The van der Waals surface area contributed by atoms with Crippen LogP contribution in [0.4, 0.5) is 4.39 Å². The first-order valence-corrected chi connectivity index (χ1v) is 10.1. The van der Waals surface area contributed by atoms with Gasteiger partial charge in [-0.1, -0.05) is 11.2 Å². The Morgan fingerprint density at radius 1 is 1.10 bits per heavy atom. The Kier molecular flexibility index (Phi) is 7.59. The van der Waals surface area contributed by atoms with E-state index < -0.39 is 0 Å². The second-order valence-corrected chi connectivity index (χ2v) is 6.97. The van der Waals surface area contributed by atoms with Crippen LogP contribution in [0.15, 0.2) is 47.0 Å². The highest BCUT2D eigenvalue weighted by atomic mass is 19.1. The van der Waals surface area contributed by atoms with Crippen LogP contribution in [0, 0.1) is 5.82 Å². The quantitative estimate of drug-likeness (QED) is 0.481. The summed E-state index contributed by atoms with van der Waals surface area (Å²) in [5.74, 6) is 1.88. The van der Waals surface area contributed by atoms with E-state index in [4.69, 9.17) is 14.0 Å². The molecule has 3 rings (SSSR count). The molecule has 0 saturated carbocycles. The third-order valence-corrected chi connectivity index (χ3v) is 4.91. The first kappa shape index (κ1) is 22.3. The molecule has 0 bridgehead atoms. The van der Waals surface area contributed by atoms with Crippen LogP contribution in [0.2, 0.25) is 0 Å². The van der Waals surface area contributed by atoms with Crippen molar-refractivity contribution in [2.24, 2.45) is 0 Å². The van der Waals surface area contributed by atoms with Crippen LogP contribution in [-0.4, -0.2) is 41.7 Å². The lowest BCUT2D eigenvalue weighted by Gasteiger charge is -2.21. The SMILES string of the molecule is CCN(Cc1ccc(OC)c(OC)c1)C(=O)CCCc1nc(-c2ccc(F)cc2)no1. The van der Waals surface area contributed by atoms with Gasteiger partial charge in [-0.05, 0) is 55.3 Å². The second-order valence-electron chi connectivity index (χ2n) is 6.97. The predicted octanol–water partition coefficient (Wildman–Crippen LogP) is 4.26. The lowest BCUT2D eigenvalue weighted by atomic mass is 10.1. The maximum Gasteiger partial charge on any atom is 0.226 e. The number of aromatic nitrogens is 2. The number of carbonyl (C=O) groups is 1. The first-order chi connectivity index (χ1) is 15.0.